The van der Waals surface area contributed by atoms with Gasteiger partial charge in [0.1, 0.15) is 0 Å². The second-order valence-corrected chi connectivity index (χ2v) is 1.47. The van der Waals surface area contributed by atoms with Crippen LogP contribution in [0.4, 0.5) is 0 Å². The lowest BCUT2D eigenvalue weighted by Gasteiger charge is -2.02. The average Bonchev–Trinajstić information content (AvgIpc) is 1.89. The first-order valence-corrected chi connectivity index (χ1v) is 3.19. The molecule has 0 aromatic rings. The molecule has 0 aliphatic rings. The van der Waals surface area contributed by atoms with Crippen molar-refractivity contribution in [1.29, 1.82) is 5.41 Å². The summed E-state index contributed by atoms with van der Waals surface area (Å²) >= 11 is 4.37. The third-order valence-corrected chi connectivity index (χ3v) is 0.422. The Hall–Kier alpha value is -0.750. The number of nitrogens with one attached hydrogen (secondary N) is 3. The maximum atomic E-state index is 6.58. The number of guanidine groups is 1. The van der Waals surface area contributed by atoms with Gasteiger partial charge in [-0.1, -0.05) is 13.8 Å². The molecule has 7 N–H and O–H groups in total. The predicted molar refractivity (Wildman–Crippen MR) is 53.6 cm³/mol. The average molecular weight is 200 g/mol. The Morgan fingerprint density at radius 3 is 1.73 bits per heavy atom. The van der Waals surface area contributed by atoms with Gasteiger partial charge in [-0.25, -0.2) is 0 Å². The van der Waals surface area contributed by atoms with Crippen LogP contribution in [0.15, 0.2) is 0 Å². The largest absolute Gasteiger partial charge is 0.375 e. The highest BCUT2D eigenvalue weighted by Crippen LogP contribution is 1.48. The molecule has 0 saturated carbocycles. The lowest BCUT2D eigenvalue weighted by molar-refractivity contribution is 0.852. The van der Waals surface area contributed by atoms with Crippen LogP contribution in [0.3, 0.4) is 0 Å². The van der Waals surface area contributed by atoms with Crippen LogP contribution in [-0.2, 0) is 0 Å². The maximum absolute atomic E-state index is 6.58. The van der Waals surface area contributed by atoms with Crippen molar-refractivity contribution in [3.63, 3.8) is 0 Å². The fourth-order valence-electron chi connectivity index (χ4n) is 0.129. The molecule has 68 valence electrons. The Labute approximate surface area is 77.8 Å². The molecule has 0 saturated heterocycles. The SMILES string of the molecule is CC.Cl.N=C(N)NNC(N)=S. The molecule has 11 heavy (non-hydrogen) atoms. The summed E-state index contributed by atoms with van der Waals surface area (Å²) in [5, 5.41) is 6.63. The minimum Gasteiger partial charge on any atom is -0.375 e. The van der Waals surface area contributed by atoms with E-state index in [4.69, 9.17) is 16.9 Å². The van der Waals surface area contributed by atoms with Gasteiger partial charge in [0, 0.05) is 0 Å². The molecule has 0 atom stereocenters. The molecule has 0 bridgehead atoms. The molecular formula is C4H14ClN5S. The summed E-state index contributed by atoms with van der Waals surface area (Å²) in [6.07, 6.45) is 0. The van der Waals surface area contributed by atoms with Crippen molar-refractivity contribution in [2.45, 2.75) is 13.8 Å². The molecule has 5 nitrogen and oxygen atoms in total. The van der Waals surface area contributed by atoms with Gasteiger partial charge in [0.25, 0.3) is 0 Å². The summed E-state index contributed by atoms with van der Waals surface area (Å²) in [4.78, 5) is 0. The zero-order chi connectivity index (χ0) is 8.57. The van der Waals surface area contributed by atoms with Gasteiger partial charge in [-0.15, -0.1) is 12.4 Å². The number of hydrogen-bond donors (Lipinski definition) is 5. The number of hydrazine groups is 1. The zero-order valence-electron chi connectivity index (χ0n) is 6.47. The molecule has 0 amide bonds. The summed E-state index contributed by atoms with van der Waals surface area (Å²) in [5.41, 5.74) is 14.2. The maximum Gasteiger partial charge on any atom is 0.204 e. The fraction of sp³-hybridized carbons (Fsp3) is 0.500. The van der Waals surface area contributed by atoms with E-state index in [9.17, 15) is 0 Å². The topological polar surface area (TPSA) is 100.0 Å². The predicted octanol–water partition coefficient (Wildman–Crippen LogP) is -0.334. The molecule has 0 radical (unpaired) electrons. The van der Waals surface area contributed by atoms with Crippen molar-refractivity contribution in [2.24, 2.45) is 11.5 Å². The normalized spacial score (nSPS) is 6.00. The smallest absolute Gasteiger partial charge is 0.204 e. The Bertz CT molecular complexity index is 103. The van der Waals surface area contributed by atoms with Crippen molar-refractivity contribution in [3.8, 4) is 0 Å². The molecule has 0 heterocycles. The van der Waals surface area contributed by atoms with E-state index in [1.54, 1.807) is 0 Å². The van der Waals surface area contributed by atoms with Gasteiger partial charge in [0.2, 0.25) is 5.96 Å². The standard InChI is InChI=1S/C2H7N5S.C2H6.ClH/c3-1(4)6-7-2(5)8;1-2;/h(H4,3,4,6)(H3,5,7,8);1-2H3;1H. The summed E-state index contributed by atoms with van der Waals surface area (Å²) in [6, 6.07) is 0. The highest BCUT2D eigenvalue weighted by atomic mass is 35.5. The number of halogens is 1. The first-order valence-electron chi connectivity index (χ1n) is 2.78. The molecule has 0 aliphatic carbocycles. The molecule has 7 heteroatoms. The Morgan fingerprint density at radius 2 is 1.64 bits per heavy atom. The van der Waals surface area contributed by atoms with Crippen LogP contribution in [0.1, 0.15) is 13.8 Å². The van der Waals surface area contributed by atoms with Gasteiger partial charge in [-0.2, -0.15) is 0 Å². The van der Waals surface area contributed by atoms with Crippen molar-refractivity contribution >= 4 is 35.7 Å². The summed E-state index contributed by atoms with van der Waals surface area (Å²) in [7, 11) is 0. The fourth-order valence-corrected chi connectivity index (χ4v) is 0.180. The van der Waals surface area contributed by atoms with Crippen LogP contribution in [0.2, 0.25) is 0 Å². The van der Waals surface area contributed by atoms with Gasteiger partial charge in [-0.05, 0) is 12.2 Å². The molecule has 0 aromatic heterocycles. The van der Waals surface area contributed by atoms with Gasteiger partial charge < -0.3 is 11.5 Å². The Kier molecular flexibility index (Phi) is 18.2. The minimum absolute atomic E-state index is 0. The van der Waals surface area contributed by atoms with Crippen molar-refractivity contribution in [1.82, 2.24) is 10.9 Å². The highest BCUT2D eigenvalue weighted by Gasteiger charge is 1.82. The number of nitrogens with two attached hydrogens (primary N) is 2. The zero-order valence-corrected chi connectivity index (χ0v) is 8.10. The van der Waals surface area contributed by atoms with Crippen LogP contribution in [0.25, 0.3) is 0 Å². The second kappa shape index (κ2) is 12.0. The van der Waals surface area contributed by atoms with E-state index in [2.05, 4.69) is 23.1 Å². The molecule has 0 spiro atoms. The quantitative estimate of drug-likeness (QED) is 0.159. The lowest BCUT2D eigenvalue weighted by Crippen LogP contribution is -2.47. The first-order chi connectivity index (χ1) is 4.63. The van der Waals surface area contributed by atoms with Crippen LogP contribution in [0.5, 0.6) is 0 Å². The Balaban J connectivity index is -0.000000196. The number of rotatable bonds is 0. The summed E-state index contributed by atoms with van der Waals surface area (Å²) in [5.74, 6) is -0.224. The van der Waals surface area contributed by atoms with Gasteiger partial charge >= 0.3 is 0 Å². The first kappa shape index (κ1) is 16.7. The van der Waals surface area contributed by atoms with E-state index in [1.807, 2.05) is 13.8 Å². The van der Waals surface area contributed by atoms with Crippen molar-refractivity contribution in [3.05, 3.63) is 0 Å². The van der Waals surface area contributed by atoms with Gasteiger partial charge in [0.15, 0.2) is 5.11 Å². The molecule has 0 unspecified atom stereocenters. The van der Waals surface area contributed by atoms with E-state index in [0.717, 1.165) is 0 Å². The summed E-state index contributed by atoms with van der Waals surface area (Å²) < 4.78 is 0. The van der Waals surface area contributed by atoms with E-state index in [-0.39, 0.29) is 23.5 Å². The van der Waals surface area contributed by atoms with Gasteiger partial charge in [0.05, 0.1) is 0 Å². The van der Waals surface area contributed by atoms with E-state index in [1.165, 1.54) is 0 Å². The minimum atomic E-state index is -0.224. The molecule has 0 aromatic carbocycles. The van der Waals surface area contributed by atoms with Crippen LogP contribution in [-0.4, -0.2) is 11.1 Å². The Morgan fingerprint density at radius 1 is 1.27 bits per heavy atom. The lowest BCUT2D eigenvalue weighted by atomic mass is 11.0. The molecular weight excluding hydrogens is 186 g/mol. The third-order valence-electron chi connectivity index (χ3n) is 0.320. The van der Waals surface area contributed by atoms with Crippen LogP contribution < -0.4 is 22.3 Å². The summed E-state index contributed by atoms with van der Waals surface area (Å²) in [6.45, 7) is 4.00. The molecule has 0 rings (SSSR count). The van der Waals surface area contributed by atoms with Crippen molar-refractivity contribution in [2.75, 3.05) is 0 Å². The number of thiocarbonyl (C=S) groups is 1. The van der Waals surface area contributed by atoms with E-state index >= 15 is 0 Å². The highest BCUT2D eigenvalue weighted by molar-refractivity contribution is 7.80. The molecule has 0 aliphatic heterocycles. The number of hydrogen-bond acceptors (Lipinski definition) is 2. The van der Waals surface area contributed by atoms with E-state index < -0.39 is 0 Å². The molecule has 0 fully saturated rings. The van der Waals surface area contributed by atoms with Gasteiger partial charge in [-0.3, -0.25) is 16.3 Å². The van der Waals surface area contributed by atoms with Crippen molar-refractivity contribution < 1.29 is 0 Å². The second-order valence-electron chi connectivity index (χ2n) is 1.03. The van der Waals surface area contributed by atoms with Crippen LogP contribution in [0, 0.1) is 5.41 Å². The van der Waals surface area contributed by atoms with E-state index in [0.29, 0.717) is 0 Å². The van der Waals surface area contributed by atoms with Crippen LogP contribution >= 0.6 is 24.6 Å². The monoisotopic (exact) mass is 199 g/mol. The third kappa shape index (κ3) is 26.9.